The van der Waals surface area contributed by atoms with Crippen LogP contribution < -0.4 is 5.36 Å². The number of rotatable bonds is 3. The molecule has 0 saturated heterocycles. The molecule has 1 heterocycles. The third-order valence-corrected chi connectivity index (χ3v) is 3.78. The van der Waals surface area contributed by atoms with E-state index >= 15 is 0 Å². The SMILES string of the molecule is Cc1ccccc1CON=c1c(C)nc2ccccc2nc1C. The van der Waals surface area contributed by atoms with Crippen LogP contribution in [0.4, 0.5) is 0 Å². The molecule has 0 amide bonds. The van der Waals surface area contributed by atoms with Crippen molar-refractivity contribution in [2.24, 2.45) is 5.16 Å². The third kappa shape index (κ3) is 3.37. The largest absolute Gasteiger partial charge is 0.390 e. The van der Waals surface area contributed by atoms with E-state index in [0.717, 1.165) is 28.0 Å². The van der Waals surface area contributed by atoms with Crippen molar-refractivity contribution in [3.63, 3.8) is 0 Å². The second-order valence-electron chi connectivity index (χ2n) is 5.52. The molecule has 4 heteroatoms. The molecule has 0 saturated carbocycles. The Morgan fingerprint density at radius 3 is 2.00 bits per heavy atom. The van der Waals surface area contributed by atoms with E-state index in [1.807, 2.05) is 56.3 Å². The maximum absolute atomic E-state index is 5.56. The lowest BCUT2D eigenvalue weighted by Gasteiger charge is -2.03. The molecule has 0 atom stereocenters. The summed E-state index contributed by atoms with van der Waals surface area (Å²) < 4.78 is 0. The van der Waals surface area contributed by atoms with Crippen LogP contribution in [0.3, 0.4) is 0 Å². The normalized spacial score (nSPS) is 10.6. The fraction of sp³-hybridized carbons (Fsp3) is 0.211. The van der Waals surface area contributed by atoms with Crippen LogP contribution in [0, 0.1) is 20.8 Å². The lowest BCUT2D eigenvalue weighted by molar-refractivity contribution is 0.119. The molecular formula is C19H19N3O. The van der Waals surface area contributed by atoms with Gasteiger partial charge < -0.3 is 4.84 Å². The molecule has 4 nitrogen and oxygen atoms in total. The molecule has 116 valence electrons. The molecule has 0 unspecified atom stereocenters. The van der Waals surface area contributed by atoms with E-state index in [2.05, 4.69) is 28.1 Å². The standard InChI is InChI=1S/C19H19N3O/c1-13-8-4-5-9-16(13)12-23-22-19-14(2)20-17-10-6-7-11-18(17)21-15(19)3/h4-11H,12H2,1-3H3. The molecule has 3 rings (SSSR count). The maximum Gasteiger partial charge on any atom is 0.145 e. The second-order valence-corrected chi connectivity index (χ2v) is 5.52. The molecular weight excluding hydrogens is 286 g/mol. The Morgan fingerprint density at radius 2 is 1.39 bits per heavy atom. The van der Waals surface area contributed by atoms with Crippen LogP contribution in [0.25, 0.3) is 11.0 Å². The quantitative estimate of drug-likeness (QED) is 0.695. The molecule has 0 aliphatic heterocycles. The monoisotopic (exact) mass is 305 g/mol. The zero-order valence-electron chi connectivity index (χ0n) is 13.6. The zero-order valence-corrected chi connectivity index (χ0v) is 13.6. The summed E-state index contributed by atoms with van der Waals surface area (Å²) in [6.45, 7) is 6.35. The zero-order chi connectivity index (χ0) is 16.2. The van der Waals surface area contributed by atoms with E-state index in [1.54, 1.807) is 0 Å². The van der Waals surface area contributed by atoms with Crippen LogP contribution in [0.2, 0.25) is 0 Å². The van der Waals surface area contributed by atoms with E-state index < -0.39 is 0 Å². The highest BCUT2D eigenvalue weighted by molar-refractivity contribution is 5.73. The highest BCUT2D eigenvalue weighted by Gasteiger charge is 2.02. The average molecular weight is 305 g/mol. The van der Waals surface area contributed by atoms with E-state index in [9.17, 15) is 0 Å². The van der Waals surface area contributed by atoms with E-state index in [4.69, 9.17) is 4.84 Å². The molecule has 0 aliphatic rings. The highest BCUT2D eigenvalue weighted by atomic mass is 16.6. The summed E-state index contributed by atoms with van der Waals surface area (Å²) in [5, 5.41) is 4.97. The van der Waals surface area contributed by atoms with Crippen molar-refractivity contribution in [2.75, 3.05) is 0 Å². The van der Waals surface area contributed by atoms with Crippen molar-refractivity contribution < 1.29 is 4.84 Å². The molecule has 0 N–H and O–H groups in total. The fourth-order valence-electron chi connectivity index (χ4n) is 2.45. The molecule has 3 aromatic rings. The first kappa shape index (κ1) is 15.2. The highest BCUT2D eigenvalue weighted by Crippen LogP contribution is 2.09. The molecule has 0 aliphatic carbocycles. The van der Waals surface area contributed by atoms with Gasteiger partial charge in [-0.25, -0.2) is 9.97 Å². The molecule has 1 aromatic heterocycles. The summed E-state index contributed by atoms with van der Waals surface area (Å²) in [6, 6.07) is 15.9. The molecule has 0 spiro atoms. The van der Waals surface area contributed by atoms with Gasteiger partial charge in [0.05, 0.1) is 22.4 Å². The van der Waals surface area contributed by atoms with E-state index in [1.165, 1.54) is 5.56 Å². The van der Waals surface area contributed by atoms with Gasteiger partial charge in [0, 0.05) is 0 Å². The molecule has 2 aromatic carbocycles. The topological polar surface area (TPSA) is 47.4 Å². The summed E-state index contributed by atoms with van der Waals surface area (Å²) in [7, 11) is 0. The van der Waals surface area contributed by atoms with Gasteiger partial charge in [-0.3, -0.25) is 0 Å². The second kappa shape index (κ2) is 6.57. The van der Waals surface area contributed by atoms with Gasteiger partial charge in [-0.05, 0) is 44.0 Å². The number of nitrogens with zero attached hydrogens (tertiary/aromatic N) is 3. The van der Waals surface area contributed by atoms with Crippen LogP contribution in [0.1, 0.15) is 22.5 Å². The van der Waals surface area contributed by atoms with Gasteiger partial charge in [-0.1, -0.05) is 41.6 Å². The van der Waals surface area contributed by atoms with Crippen molar-refractivity contribution in [3.05, 3.63) is 76.4 Å². The average Bonchev–Trinajstić information content (AvgIpc) is 2.66. The van der Waals surface area contributed by atoms with Crippen LogP contribution in [0.15, 0.2) is 53.7 Å². The predicted octanol–water partition coefficient (Wildman–Crippen LogP) is 3.59. The van der Waals surface area contributed by atoms with Crippen LogP contribution >= 0.6 is 0 Å². The number of benzene rings is 2. The van der Waals surface area contributed by atoms with Gasteiger partial charge in [0.1, 0.15) is 12.0 Å². The Labute approximate surface area is 135 Å². The Morgan fingerprint density at radius 1 is 0.826 bits per heavy atom. The first-order valence-corrected chi connectivity index (χ1v) is 7.60. The smallest absolute Gasteiger partial charge is 0.145 e. The minimum absolute atomic E-state index is 0.434. The number of aryl methyl sites for hydroxylation is 3. The maximum atomic E-state index is 5.56. The van der Waals surface area contributed by atoms with Gasteiger partial charge in [0.2, 0.25) is 0 Å². The Kier molecular flexibility index (Phi) is 4.33. The first-order valence-electron chi connectivity index (χ1n) is 7.60. The van der Waals surface area contributed by atoms with E-state index in [-0.39, 0.29) is 0 Å². The third-order valence-electron chi connectivity index (χ3n) is 3.78. The van der Waals surface area contributed by atoms with Gasteiger partial charge in [0.25, 0.3) is 0 Å². The summed E-state index contributed by atoms with van der Waals surface area (Å²) >= 11 is 0. The number of fused-ring (bicyclic) bond motifs is 1. The lowest BCUT2D eigenvalue weighted by atomic mass is 10.1. The number of hydrogen-bond acceptors (Lipinski definition) is 4. The van der Waals surface area contributed by atoms with Crippen LogP contribution in [-0.4, -0.2) is 9.97 Å². The van der Waals surface area contributed by atoms with Gasteiger partial charge in [0.15, 0.2) is 0 Å². The summed E-state index contributed by atoms with van der Waals surface area (Å²) in [6.07, 6.45) is 0. The first-order chi connectivity index (χ1) is 11.1. The summed E-state index contributed by atoms with van der Waals surface area (Å²) in [5.41, 5.74) is 5.64. The Balaban J connectivity index is 1.97. The van der Waals surface area contributed by atoms with Gasteiger partial charge >= 0.3 is 0 Å². The van der Waals surface area contributed by atoms with Crippen molar-refractivity contribution in [3.8, 4) is 0 Å². The molecule has 0 fully saturated rings. The molecule has 0 bridgehead atoms. The summed E-state index contributed by atoms with van der Waals surface area (Å²) in [5.74, 6) is 0. The van der Waals surface area contributed by atoms with Gasteiger partial charge in [-0.15, -0.1) is 0 Å². The number of aromatic nitrogens is 2. The van der Waals surface area contributed by atoms with Crippen LogP contribution in [0.5, 0.6) is 0 Å². The minimum atomic E-state index is 0.434. The molecule has 0 radical (unpaired) electrons. The number of para-hydroxylation sites is 2. The van der Waals surface area contributed by atoms with Gasteiger partial charge in [-0.2, -0.15) is 0 Å². The lowest BCUT2D eigenvalue weighted by Crippen LogP contribution is -2.11. The van der Waals surface area contributed by atoms with E-state index in [0.29, 0.717) is 12.0 Å². The Bertz CT molecular complexity index is 872. The van der Waals surface area contributed by atoms with Crippen LogP contribution in [-0.2, 0) is 11.4 Å². The predicted molar refractivity (Wildman–Crippen MR) is 90.5 cm³/mol. The minimum Gasteiger partial charge on any atom is -0.390 e. The number of hydrogen-bond donors (Lipinski definition) is 0. The fourth-order valence-corrected chi connectivity index (χ4v) is 2.45. The summed E-state index contributed by atoms with van der Waals surface area (Å²) in [4.78, 5) is 14.8. The van der Waals surface area contributed by atoms with Crippen molar-refractivity contribution >= 4 is 11.0 Å². The van der Waals surface area contributed by atoms with Crippen molar-refractivity contribution in [1.82, 2.24) is 9.97 Å². The van der Waals surface area contributed by atoms with Crippen molar-refractivity contribution in [2.45, 2.75) is 27.4 Å². The van der Waals surface area contributed by atoms with Crippen molar-refractivity contribution in [1.29, 1.82) is 0 Å². The molecule has 23 heavy (non-hydrogen) atoms. The Hall–Kier alpha value is -2.75.